The van der Waals surface area contributed by atoms with Crippen molar-refractivity contribution in [2.45, 2.75) is 25.8 Å². The molecule has 0 radical (unpaired) electrons. The monoisotopic (exact) mass is 407 g/mol. The van der Waals surface area contributed by atoms with E-state index in [4.69, 9.17) is 4.74 Å². The smallest absolute Gasteiger partial charge is 0.449 e. The molecule has 0 bridgehead atoms. The van der Waals surface area contributed by atoms with Crippen molar-refractivity contribution in [1.82, 2.24) is 0 Å². The second kappa shape index (κ2) is 8.49. The zero-order chi connectivity index (χ0) is 20.2. The van der Waals surface area contributed by atoms with Gasteiger partial charge in [-0.3, -0.25) is 4.79 Å². The van der Waals surface area contributed by atoms with Crippen molar-refractivity contribution >= 4 is 29.1 Å². The molecule has 1 N–H and O–H groups in total. The van der Waals surface area contributed by atoms with Crippen molar-refractivity contribution in [2.75, 3.05) is 4.90 Å². The van der Waals surface area contributed by atoms with Crippen molar-refractivity contribution < 1.29 is 19.4 Å². The summed E-state index contributed by atoms with van der Waals surface area (Å²) in [6.07, 6.45) is 1.40. The fourth-order valence-electron chi connectivity index (χ4n) is 3.37. The summed E-state index contributed by atoms with van der Waals surface area (Å²) >= 11 is 1.24. The second-order valence-electron chi connectivity index (χ2n) is 7.06. The van der Waals surface area contributed by atoms with Crippen LogP contribution in [0.25, 0.3) is 10.4 Å². The van der Waals surface area contributed by atoms with Crippen molar-refractivity contribution in [3.05, 3.63) is 72.3 Å². The summed E-state index contributed by atoms with van der Waals surface area (Å²) < 4.78 is 5.09. The maximum atomic E-state index is 13.2. The standard InChI is InChI=1S/C23H21NO4S/c25-21(18-12-7-13-18)24(15-16-8-3-1-4-9-16)19-14-20(17-10-5-2-6-11-17)29-22(19)28-23(26)27/h1-6,8-11,14,18H,7,12-13,15H2,(H,26,27). The van der Waals surface area contributed by atoms with Crippen LogP contribution in [0.3, 0.4) is 0 Å². The van der Waals surface area contributed by atoms with E-state index < -0.39 is 6.16 Å². The molecule has 1 saturated carbocycles. The number of anilines is 1. The predicted molar refractivity (Wildman–Crippen MR) is 113 cm³/mol. The first-order valence-electron chi connectivity index (χ1n) is 9.57. The van der Waals surface area contributed by atoms with Gasteiger partial charge in [0.1, 0.15) is 0 Å². The Hall–Kier alpha value is -3.12. The van der Waals surface area contributed by atoms with E-state index in [2.05, 4.69) is 0 Å². The fourth-order valence-corrected chi connectivity index (χ4v) is 4.38. The number of ether oxygens (including phenoxy) is 1. The van der Waals surface area contributed by atoms with Crippen LogP contribution in [0.15, 0.2) is 66.7 Å². The number of hydrogen-bond acceptors (Lipinski definition) is 4. The summed E-state index contributed by atoms with van der Waals surface area (Å²) in [4.78, 5) is 27.1. The molecule has 1 fully saturated rings. The van der Waals surface area contributed by atoms with Gasteiger partial charge in [-0.1, -0.05) is 78.4 Å². The lowest BCUT2D eigenvalue weighted by Crippen LogP contribution is -2.38. The third-order valence-corrected chi connectivity index (χ3v) is 6.16. The Balaban J connectivity index is 1.76. The van der Waals surface area contributed by atoms with E-state index in [1.807, 2.05) is 66.7 Å². The average molecular weight is 407 g/mol. The lowest BCUT2D eigenvalue weighted by Gasteiger charge is -2.31. The van der Waals surface area contributed by atoms with Crippen LogP contribution in [0.2, 0.25) is 0 Å². The zero-order valence-electron chi connectivity index (χ0n) is 15.8. The van der Waals surface area contributed by atoms with Gasteiger partial charge in [-0.05, 0) is 30.0 Å². The Morgan fingerprint density at radius 3 is 2.28 bits per heavy atom. The van der Waals surface area contributed by atoms with Crippen LogP contribution in [-0.2, 0) is 11.3 Å². The number of carboxylic acid groups (broad SMARTS) is 1. The van der Waals surface area contributed by atoms with Gasteiger partial charge in [-0.15, -0.1) is 0 Å². The third-order valence-electron chi connectivity index (χ3n) is 5.11. The molecule has 0 unspecified atom stereocenters. The fraction of sp³-hybridized carbons (Fsp3) is 0.217. The first-order chi connectivity index (χ1) is 14.1. The lowest BCUT2D eigenvalue weighted by molar-refractivity contribution is -0.124. The Morgan fingerprint density at radius 1 is 1.03 bits per heavy atom. The Morgan fingerprint density at radius 2 is 1.69 bits per heavy atom. The first kappa shape index (κ1) is 19.2. The number of nitrogens with zero attached hydrogens (tertiary/aromatic N) is 1. The second-order valence-corrected chi connectivity index (χ2v) is 8.07. The van der Waals surface area contributed by atoms with E-state index in [1.165, 1.54) is 11.3 Å². The minimum atomic E-state index is -1.39. The molecular weight excluding hydrogens is 386 g/mol. The van der Waals surface area contributed by atoms with E-state index in [0.29, 0.717) is 12.2 Å². The number of rotatable bonds is 6. The molecule has 0 spiro atoms. The van der Waals surface area contributed by atoms with Crippen LogP contribution in [0.4, 0.5) is 10.5 Å². The van der Waals surface area contributed by atoms with E-state index >= 15 is 0 Å². The molecule has 1 heterocycles. The molecule has 29 heavy (non-hydrogen) atoms. The van der Waals surface area contributed by atoms with Crippen LogP contribution < -0.4 is 9.64 Å². The molecule has 148 valence electrons. The number of benzene rings is 2. The van der Waals surface area contributed by atoms with Crippen LogP contribution in [0.5, 0.6) is 5.06 Å². The van der Waals surface area contributed by atoms with Crippen molar-refractivity contribution in [3.63, 3.8) is 0 Å². The molecule has 3 aromatic rings. The van der Waals surface area contributed by atoms with Crippen molar-refractivity contribution in [2.24, 2.45) is 5.92 Å². The highest BCUT2D eigenvalue weighted by molar-refractivity contribution is 7.18. The Bertz CT molecular complexity index is 996. The average Bonchev–Trinajstić information content (AvgIpc) is 3.09. The Labute approximate surface area is 173 Å². The molecule has 2 aromatic carbocycles. The maximum absolute atomic E-state index is 13.2. The molecule has 5 nitrogen and oxygen atoms in total. The number of hydrogen-bond donors (Lipinski definition) is 1. The van der Waals surface area contributed by atoms with Crippen LogP contribution in [0.1, 0.15) is 24.8 Å². The summed E-state index contributed by atoms with van der Waals surface area (Å²) in [6, 6.07) is 21.3. The predicted octanol–water partition coefficient (Wildman–Crippen LogP) is 5.81. The van der Waals surface area contributed by atoms with Crippen molar-refractivity contribution in [1.29, 1.82) is 0 Å². The van der Waals surface area contributed by atoms with Gasteiger partial charge in [0.25, 0.3) is 0 Å². The first-order valence-corrected chi connectivity index (χ1v) is 10.4. The molecule has 1 aromatic heterocycles. The van der Waals surface area contributed by atoms with Crippen molar-refractivity contribution in [3.8, 4) is 15.5 Å². The Kier molecular flexibility index (Phi) is 5.62. The molecule has 0 atom stereocenters. The summed E-state index contributed by atoms with van der Waals surface area (Å²) in [6.45, 7) is 0.372. The summed E-state index contributed by atoms with van der Waals surface area (Å²) in [5.74, 6) is 0.00391. The summed E-state index contributed by atoms with van der Waals surface area (Å²) in [7, 11) is 0. The van der Waals surface area contributed by atoms with Gasteiger partial charge in [0.15, 0.2) is 0 Å². The topological polar surface area (TPSA) is 66.8 Å². The highest BCUT2D eigenvalue weighted by atomic mass is 32.1. The minimum absolute atomic E-state index is 0.0172. The minimum Gasteiger partial charge on any atom is -0.449 e. The quantitative estimate of drug-likeness (QED) is 0.524. The van der Waals surface area contributed by atoms with E-state index in [9.17, 15) is 14.7 Å². The van der Waals surface area contributed by atoms with E-state index in [-0.39, 0.29) is 16.9 Å². The normalized spacial score (nSPS) is 13.5. The number of thiophene rings is 1. The van der Waals surface area contributed by atoms with Crippen LogP contribution in [0, 0.1) is 5.92 Å². The van der Waals surface area contributed by atoms with E-state index in [0.717, 1.165) is 35.3 Å². The summed E-state index contributed by atoms with van der Waals surface area (Å²) in [5, 5.41) is 9.45. The molecule has 1 aliphatic rings. The molecule has 1 amide bonds. The molecule has 4 rings (SSSR count). The number of carbonyl (C=O) groups excluding carboxylic acids is 1. The molecule has 0 saturated heterocycles. The van der Waals surface area contributed by atoms with Gasteiger partial charge < -0.3 is 14.7 Å². The van der Waals surface area contributed by atoms with Gasteiger partial charge in [0.05, 0.1) is 12.2 Å². The molecule has 1 aliphatic carbocycles. The SMILES string of the molecule is O=C(O)Oc1sc(-c2ccccc2)cc1N(Cc1ccccc1)C(=O)C1CCC1. The van der Waals surface area contributed by atoms with E-state index in [1.54, 1.807) is 4.90 Å². The van der Waals surface area contributed by atoms with Crippen LogP contribution in [-0.4, -0.2) is 17.2 Å². The molecule has 0 aliphatic heterocycles. The number of carbonyl (C=O) groups is 2. The highest BCUT2D eigenvalue weighted by Crippen LogP contribution is 2.44. The number of amides is 1. The van der Waals surface area contributed by atoms with Gasteiger partial charge >= 0.3 is 6.16 Å². The highest BCUT2D eigenvalue weighted by Gasteiger charge is 2.33. The summed E-state index contributed by atoms with van der Waals surface area (Å²) in [5.41, 5.74) is 2.45. The van der Waals surface area contributed by atoms with Gasteiger partial charge in [0.2, 0.25) is 11.0 Å². The van der Waals surface area contributed by atoms with Gasteiger partial charge in [0, 0.05) is 10.8 Å². The van der Waals surface area contributed by atoms with Gasteiger partial charge in [-0.2, -0.15) is 0 Å². The molecule has 6 heteroatoms. The largest absolute Gasteiger partial charge is 0.512 e. The third kappa shape index (κ3) is 4.32. The van der Waals surface area contributed by atoms with Crippen LogP contribution >= 0.6 is 11.3 Å². The lowest BCUT2D eigenvalue weighted by atomic mass is 9.84. The zero-order valence-corrected chi connectivity index (χ0v) is 16.6. The van der Waals surface area contributed by atoms with Gasteiger partial charge in [-0.25, -0.2) is 4.79 Å². The maximum Gasteiger partial charge on any atom is 0.512 e. The molecular formula is C23H21NO4S.